The molecule has 102 valence electrons. The van der Waals surface area contributed by atoms with Crippen molar-refractivity contribution < 1.29 is 0 Å². The fraction of sp³-hybridized carbons (Fsp3) is 0.533. The molecule has 0 bridgehead atoms. The molecule has 0 fully saturated rings. The van der Waals surface area contributed by atoms with Crippen molar-refractivity contribution in [3.8, 4) is 6.07 Å². The molecule has 19 heavy (non-hydrogen) atoms. The minimum Gasteiger partial charge on any atom is -0.266 e. The first-order valence-electron chi connectivity index (χ1n) is 6.44. The van der Waals surface area contributed by atoms with Gasteiger partial charge in [-0.05, 0) is 37.3 Å². The quantitative estimate of drug-likeness (QED) is 0.838. The maximum atomic E-state index is 12.1. The molecule has 1 aromatic heterocycles. The minimum absolute atomic E-state index is 0.125. The van der Waals surface area contributed by atoms with Gasteiger partial charge in [0.25, 0.3) is 5.56 Å². The molecule has 0 aliphatic carbocycles. The van der Waals surface area contributed by atoms with E-state index in [4.69, 9.17) is 5.26 Å². The predicted molar refractivity (Wildman–Crippen MR) is 76.7 cm³/mol. The average Bonchev–Trinajstić information content (AvgIpc) is 2.31. The third-order valence-corrected chi connectivity index (χ3v) is 2.95. The first-order valence-corrected chi connectivity index (χ1v) is 6.44. The van der Waals surface area contributed by atoms with Crippen LogP contribution in [0.25, 0.3) is 6.08 Å². The summed E-state index contributed by atoms with van der Waals surface area (Å²) >= 11 is 0. The molecule has 1 aromatic rings. The van der Waals surface area contributed by atoms with Crippen LogP contribution in [0, 0.1) is 23.7 Å². The van der Waals surface area contributed by atoms with Crippen molar-refractivity contribution in [2.45, 2.75) is 47.6 Å². The lowest BCUT2D eigenvalue weighted by Gasteiger charge is -2.18. The fourth-order valence-corrected chi connectivity index (χ4v) is 1.71. The van der Waals surface area contributed by atoms with Gasteiger partial charge < -0.3 is 0 Å². The second-order valence-electron chi connectivity index (χ2n) is 5.84. The van der Waals surface area contributed by atoms with Gasteiger partial charge in [-0.1, -0.05) is 26.8 Å². The van der Waals surface area contributed by atoms with E-state index in [2.05, 4.69) is 25.9 Å². The number of hydrogen-bond donors (Lipinski definition) is 0. The Morgan fingerprint density at radius 1 is 1.42 bits per heavy atom. The second kappa shape index (κ2) is 5.83. The Labute approximate surface area is 114 Å². The maximum absolute atomic E-state index is 12.1. The SMILES string of the molecule is C/C=C/c1nn(CCC(C)(C)C)c(=O)c(C#N)c1C. The lowest BCUT2D eigenvalue weighted by Crippen LogP contribution is -2.29. The van der Waals surface area contributed by atoms with Crippen LogP contribution in [0.2, 0.25) is 0 Å². The zero-order chi connectivity index (χ0) is 14.6. The van der Waals surface area contributed by atoms with E-state index in [1.807, 2.05) is 25.1 Å². The van der Waals surface area contributed by atoms with E-state index in [1.165, 1.54) is 4.68 Å². The number of aromatic nitrogens is 2. The summed E-state index contributed by atoms with van der Waals surface area (Å²) in [5.74, 6) is 0. The summed E-state index contributed by atoms with van der Waals surface area (Å²) in [6.45, 7) is 10.5. The predicted octanol–water partition coefficient (Wildman–Crippen LogP) is 2.89. The van der Waals surface area contributed by atoms with E-state index in [-0.39, 0.29) is 16.5 Å². The van der Waals surface area contributed by atoms with E-state index < -0.39 is 0 Å². The summed E-state index contributed by atoms with van der Waals surface area (Å²) in [7, 11) is 0. The average molecular weight is 259 g/mol. The molecule has 0 aromatic carbocycles. The molecule has 0 radical (unpaired) electrons. The van der Waals surface area contributed by atoms with E-state index in [0.717, 1.165) is 6.42 Å². The van der Waals surface area contributed by atoms with Gasteiger partial charge in [-0.3, -0.25) is 4.79 Å². The topological polar surface area (TPSA) is 58.7 Å². The summed E-state index contributed by atoms with van der Waals surface area (Å²) in [6, 6.07) is 1.99. The molecular formula is C15H21N3O. The van der Waals surface area contributed by atoms with E-state index in [0.29, 0.717) is 17.8 Å². The summed E-state index contributed by atoms with van der Waals surface area (Å²) in [4.78, 5) is 12.1. The molecule has 0 N–H and O–H groups in total. The summed E-state index contributed by atoms with van der Waals surface area (Å²) in [5.41, 5.74) is 1.36. The normalized spacial score (nSPS) is 11.8. The zero-order valence-corrected chi connectivity index (χ0v) is 12.3. The molecule has 0 atom stereocenters. The van der Waals surface area contributed by atoms with Crippen molar-refractivity contribution in [2.24, 2.45) is 5.41 Å². The van der Waals surface area contributed by atoms with Crippen molar-refractivity contribution in [1.29, 1.82) is 5.26 Å². The highest BCUT2D eigenvalue weighted by atomic mass is 16.1. The van der Waals surface area contributed by atoms with Crippen LogP contribution in [-0.2, 0) is 6.54 Å². The van der Waals surface area contributed by atoms with Gasteiger partial charge in [0, 0.05) is 6.54 Å². The number of rotatable bonds is 3. The summed E-state index contributed by atoms with van der Waals surface area (Å²) < 4.78 is 1.41. The van der Waals surface area contributed by atoms with Gasteiger partial charge in [0.1, 0.15) is 11.6 Å². The Morgan fingerprint density at radius 2 is 2.05 bits per heavy atom. The molecule has 0 aliphatic heterocycles. The second-order valence-corrected chi connectivity index (χ2v) is 5.84. The monoisotopic (exact) mass is 259 g/mol. The van der Waals surface area contributed by atoms with Crippen LogP contribution in [0.3, 0.4) is 0 Å². The third-order valence-electron chi connectivity index (χ3n) is 2.95. The molecular weight excluding hydrogens is 238 g/mol. The van der Waals surface area contributed by atoms with Crippen LogP contribution in [0.5, 0.6) is 0 Å². The van der Waals surface area contributed by atoms with Crippen molar-refractivity contribution in [2.75, 3.05) is 0 Å². The molecule has 4 heteroatoms. The van der Waals surface area contributed by atoms with Gasteiger partial charge in [0.05, 0.1) is 5.69 Å². The van der Waals surface area contributed by atoms with Crippen LogP contribution in [0.1, 0.15) is 50.9 Å². The molecule has 0 saturated heterocycles. The van der Waals surface area contributed by atoms with E-state index in [9.17, 15) is 4.79 Å². The van der Waals surface area contributed by atoms with Crippen LogP contribution in [0.15, 0.2) is 10.9 Å². The Morgan fingerprint density at radius 3 is 2.53 bits per heavy atom. The first kappa shape index (κ1) is 15.2. The van der Waals surface area contributed by atoms with Crippen LogP contribution >= 0.6 is 0 Å². The van der Waals surface area contributed by atoms with Gasteiger partial charge in [0.15, 0.2) is 0 Å². The number of hydrogen-bond acceptors (Lipinski definition) is 3. The highest BCUT2D eigenvalue weighted by molar-refractivity contribution is 5.52. The molecule has 4 nitrogen and oxygen atoms in total. The fourth-order valence-electron chi connectivity index (χ4n) is 1.71. The van der Waals surface area contributed by atoms with Crippen molar-refractivity contribution in [3.63, 3.8) is 0 Å². The minimum atomic E-state index is -0.294. The number of aryl methyl sites for hydroxylation is 1. The highest BCUT2D eigenvalue weighted by Crippen LogP contribution is 2.19. The van der Waals surface area contributed by atoms with Gasteiger partial charge in [-0.2, -0.15) is 10.4 Å². The van der Waals surface area contributed by atoms with Crippen molar-refractivity contribution in [3.05, 3.63) is 33.3 Å². The number of allylic oxidation sites excluding steroid dienone is 1. The van der Waals surface area contributed by atoms with Crippen LogP contribution < -0.4 is 5.56 Å². The Bertz CT molecular complexity index is 583. The Hall–Kier alpha value is -1.89. The maximum Gasteiger partial charge on any atom is 0.284 e. The molecule has 0 aliphatic rings. The van der Waals surface area contributed by atoms with Gasteiger partial charge in [-0.15, -0.1) is 0 Å². The largest absolute Gasteiger partial charge is 0.284 e. The van der Waals surface area contributed by atoms with E-state index in [1.54, 1.807) is 6.92 Å². The van der Waals surface area contributed by atoms with Gasteiger partial charge >= 0.3 is 0 Å². The molecule has 0 amide bonds. The lowest BCUT2D eigenvalue weighted by molar-refractivity contribution is 0.335. The van der Waals surface area contributed by atoms with Gasteiger partial charge in [0.2, 0.25) is 0 Å². The number of nitrogens with zero attached hydrogens (tertiary/aromatic N) is 3. The van der Waals surface area contributed by atoms with Crippen LogP contribution in [0.4, 0.5) is 0 Å². The number of nitriles is 1. The molecule has 0 saturated carbocycles. The summed E-state index contributed by atoms with van der Waals surface area (Å²) in [6.07, 6.45) is 4.52. The standard InChI is InChI=1S/C15H21N3O/c1-6-7-13-11(2)12(10-16)14(19)18(17-13)9-8-15(3,4)5/h6-7H,8-9H2,1-5H3/b7-6+. The van der Waals surface area contributed by atoms with Gasteiger partial charge in [-0.25, -0.2) is 4.68 Å². The Kier molecular flexibility index (Phi) is 4.66. The summed E-state index contributed by atoms with van der Waals surface area (Å²) in [5, 5.41) is 13.5. The third kappa shape index (κ3) is 3.78. The molecule has 0 spiro atoms. The molecule has 1 rings (SSSR count). The first-order chi connectivity index (χ1) is 8.80. The van der Waals surface area contributed by atoms with Crippen LogP contribution in [-0.4, -0.2) is 9.78 Å². The highest BCUT2D eigenvalue weighted by Gasteiger charge is 2.15. The molecule has 0 unspecified atom stereocenters. The zero-order valence-electron chi connectivity index (χ0n) is 12.3. The van der Waals surface area contributed by atoms with E-state index >= 15 is 0 Å². The van der Waals surface area contributed by atoms with Crippen molar-refractivity contribution in [1.82, 2.24) is 9.78 Å². The smallest absolute Gasteiger partial charge is 0.266 e. The lowest BCUT2D eigenvalue weighted by atomic mass is 9.92. The Balaban J connectivity index is 3.30. The molecule has 1 heterocycles. The van der Waals surface area contributed by atoms with Crippen molar-refractivity contribution >= 4 is 6.08 Å².